The molecule has 2 nitrogen and oxygen atoms in total. The van der Waals surface area contributed by atoms with Crippen LogP contribution < -0.4 is 0 Å². The Morgan fingerprint density at radius 2 is 1.27 bits per heavy atom. The summed E-state index contributed by atoms with van der Waals surface area (Å²) in [6.07, 6.45) is -23.4. The lowest BCUT2D eigenvalue weighted by Crippen LogP contribution is -2.64. The molecule has 0 aliphatic rings. The van der Waals surface area contributed by atoms with Crippen LogP contribution in [-0.2, 0) is 9.53 Å². The summed E-state index contributed by atoms with van der Waals surface area (Å²) in [5.41, 5.74) is -0.817. The molecule has 0 rings (SSSR count). The van der Waals surface area contributed by atoms with E-state index in [-0.39, 0.29) is 0 Å². The van der Waals surface area contributed by atoms with E-state index in [0.717, 1.165) is 6.92 Å². The summed E-state index contributed by atoms with van der Waals surface area (Å²) in [4.78, 5) is 10.8. The molecule has 4 atom stereocenters. The first kappa shape index (κ1) is 24.4. The van der Waals surface area contributed by atoms with Gasteiger partial charge in [-0.05, 0) is 6.92 Å². The largest absolute Gasteiger partial charge is 0.421 e. The molecule has 0 aliphatic heterocycles. The van der Waals surface area contributed by atoms with Crippen molar-refractivity contribution < 1.29 is 62.2 Å². The third-order valence-corrected chi connectivity index (χ3v) is 2.85. The smallest absolute Gasteiger partial charge is 0.381 e. The fourth-order valence-electron chi connectivity index (χ4n) is 1.31. The van der Waals surface area contributed by atoms with Crippen molar-refractivity contribution in [1.82, 2.24) is 0 Å². The molecule has 0 aromatic rings. The third kappa shape index (κ3) is 4.37. The number of alkyl halides is 12. The van der Waals surface area contributed by atoms with Gasteiger partial charge in [0.15, 0.2) is 12.3 Å². The van der Waals surface area contributed by atoms with E-state index >= 15 is 0 Å². The number of hydrogen-bond acceptors (Lipinski definition) is 2. The van der Waals surface area contributed by atoms with Crippen molar-refractivity contribution in [2.45, 2.75) is 56.0 Å². The first-order chi connectivity index (χ1) is 11.4. The van der Waals surface area contributed by atoms with Crippen molar-refractivity contribution >= 4 is 5.97 Å². The minimum atomic E-state index is -7.11. The van der Waals surface area contributed by atoms with Gasteiger partial charge in [0.25, 0.3) is 6.43 Å². The van der Waals surface area contributed by atoms with Crippen LogP contribution in [-0.4, -0.2) is 55.0 Å². The summed E-state index contributed by atoms with van der Waals surface area (Å²) in [6, 6.07) is 0. The molecule has 0 radical (unpaired) electrons. The standard InChI is InChI=1S/C12H10F12O2/c1-3(2)8(25)26-9(18)11(21,22)12(23,24)10(19,20)6(15)4(13)5(14)7(16)17/h4-7,9H,1H2,2H3. The number of carbonyl (C=O) groups excluding carboxylic acids is 1. The quantitative estimate of drug-likeness (QED) is 0.314. The van der Waals surface area contributed by atoms with Crippen molar-refractivity contribution in [3.63, 3.8) is 0 Å². The van der Waals surface area contributed by atoms with E-state index in [1.54, 1.807) is 0 Å². The van der Waals surface area contributed by atoms with Crippen molar-refractivity contribution in [3.05, 3.63) is 12.2 Å². The molecule has 0 bridgehead atoms. The van der Waals surface area contributed by atoms with Gasteiger partial charge >= 0.3 is 30.1 Å². The topological polar surface area (TPSA) is 26.3 Å². The van der Waals surface area contributed by atoms with E-state index in [1.807, 2.05) is 0 Å². The highest BCUT2D eigenvalue weighted by Crippen LogP contribution is 2.51. The van der Waals surface area contributed by atoms with E-state index in [4.69, 9.17) is 0 Å². The van der Waals surface area contributed by atoms with Crippen LogP contribution in [0.3, 0.4) is 0 Å². The summed E-state index contributed by atoms with van der Waals surface area (Å²) in [6.45, 7) is 3.48. The molecule has 0 amide bonds. The number of halogens is 12. The summed E-state index contributed by atoms with van der Waals surface area (Å²) in [7, 11) is 0. The molecule has 0 spiro atoms. The molecule has 0 aromatic carbocycles. The van der Waals surface area contributed by atoms with Gasteiger partial charge in [-0.1, -0.05) is 6.58 Å². The predicted octanol–water partition coefficient (Wildman–Crippen LogP) is 4.59. The first-order valence-corrected chi connectivity index (χ1v) is 6.27. The number of carbonyl (C=O) groups is 1. The molecule has 0 saturated heterocycles. The molecular formula is C12H10F12O2. The molecule has 26 heavy (non-hydrogen) atoms. The summed E-state index contributed by atoms with van der Waals surface area (Å²) >= 11 is 0. The van der Waals surface area contributed by atoms with Gasteiger partial charge in [-0.15, -0.1) is 0 Å². The van der Waals surface area contributed by atoms with Crippen LogP contribution in [0, 0.1) is 0 Å². The van der Waals surface area contributed by atoms with E-state index in [9.17, 15) is 57.5 Å². The molecule has 0 heterocycles. The first-order valence-electron chi connectivity index (χ1n) is 6.27. The van der Waals surface area contributed by atoms with Crippen LogP contribution in [0.25, 0.3) is 0 Å². The maximum absolute atomic E-state index is 13.3. The van der Waals surface area contributed by atoms with Gasteiger partial charge in [0.1, 0.15) is 0 Å². The van der Waals surface area contributed by atoms with Crippen LogP contribution in [0.15, 0.2) is 12.2 Å². The number of hydrogen-bond donors (Lipinski definition) is 0. The second-order valence-electron chi connectivity index (χ2n) is 4.95. The predicted molar refractivity (Wildman–Crippen MR) is 61.3 cm³/mol. The normalized spacial score (nSPS) is 18.2. The minimum Gasteiger partial charge on any atom is -0.421 e. The average Bonchev–Trinajstić information content (AvgIpc) is 2.51. The lowest BCUT2D eigenvalue weighted by Gasteiger charge is -2.36. The highest BCUT2D eigenvalue weighted by molar-refractivity contribution is 5.87. The number of ether oxygens (including phenoxy) is 1. The minimum absolute atomic E-state index is 0.733. The van der Waals surface area contributed by atoms with Crippen LogP contribution in [0.2, 0.25) is 0 Å². The monoisotopic (exact) mass is 414 g/mol. The summed E-state index contributed by atoms with van der Waals surface area (Å²) < 4.78 is 158. The Morgan fingerprint density at radius 1 is 0.846 bits per heavy atom. The molecular weight excluding hydrogens is 404 g/mol. The third-order valence-electron chi connectivity index (χ3n) is 2.85. The maximum Gasteiger partial charge on any atom is 0.381 e. The maximum atomic E-state index is 13.3. The Morgan fingerprint density at radius 3 is 1.62 bits per heavy atom. The van der Waals surface area contributed by atoms with Crippen LogP contribution in [0.4, 0.5) is 52.7 Å². The fourth-order valence-corrected chi connectivity index (χ4v) is 1.31. The highest BCUT2D eigenvalue weighted by atomic mass is 19.4. The zero-order chi connectivity index (χ0) is 21.2. The van der Waals surface area contributed by atoms with Crippen LogP contribution in [0.1, 0.15) is 6.92 Å². The fraction of sp³-hybridized carbons (Fsp3) is 0.750. The van der Waals surface area contributed by atoms with Crippen LogP contribution in [0.5, 0.6) is 0 Å². The van der Waals surface area contributed by atoms with E-state index in [0.29, 0.717) is 0 Å². The van der Waals surface area contributed by atoms with E-state index < -0.39 is 60.6 Å². The van der Waals surface area contributed by atoms with Crippen molar-refractivity contribution in [2.24, 2.45) is 0 Å². The zero-order valence-electron chi connectivity index (χ0n) is 12.4. The molecule has 0 fully saturated rings. The Hall–Kier alpha value is -1.63. The van der Waals surface area contributed by atoms with Crippen molar-refractivity contribution in [2.75, 3.05) is 0 Å². The second-order valence-corrected chi connectivity index (χ2v) is 4.95. The SMILES string of the molecule is C=C(C)C(=O)OC(F)C(F)(F)C(F)(F)C(F)(F)C(F)C(F)C(F)C(F)F. The molecule has 154 valence electrons. The molecule has 0 N–H and O–H groups in total. The zero-order valence-corrected chi connectivity index (χ0v) is 12.4. The average molecular weight is 414 g/mol. The van der Waals surface area contributed by atoms with E-state index in [1.165, 1.54) is 0 Å². The Bertz CT molecular complexity index is 520. The lowest BCUT2D eigenvalue weighted by atomic mass is 9.95. The van der Waals surface area contributed by atoms with Gasteiger partial charge in [0, 0.05) is 5.57 Å². The summed E-state index contributed by atoms with van der Waals surface area (Å²) in [5.74, 6) is -22.7. The van der Waals surface area contributed by atoms with Gasteiger partial charge in [-0.3, -0.25) is 0 Å². The Kier molecular flexibility index (Phi) is 7.45. The highest BCUT2D eigenvalue weighted by Gasteiger charge is 2.79. The van der Waals surface area contributed by atoms with Gasteiger partial charge in [0.2, 0.25) is 6.17 Å². The van der Waals surface area contributed by atoms with Gasteiger partial charge < -0.3 is 4.74 Å². The lowest BCUT2D eigenvalue weighted by molar-refractivity contribution is -0.363. The molecule has 0 saturated carbocycles. The summed E-state index contributed by atoms with van der Waals surface area (Å²) in [5, 5.41) is 0. The number of esters is 1. The molecule has 14 heteroatoms. The molecule has 4 unspecified atom stereocenters. The van der Waals surface area contributed by atoms with Gasteiger partial charge in [0.05, 0.1) is 0 Å². The number of rotatable bonds is 9. The van der Waals surface area contributed by atoms with Crippen molar-refractivity contribution in [1.29, 1.82) is 0 Å². The van der Waals surface area contributed by atoms with Gasteiger partial charge in [-0.2, -0.15) is 30.7 Å². The molecule has 0 aliphatic carbocycles. The Labute approximate surface area is 137 Å². The molecule has 0 aromatic heterocycles. The van der Waals surface area contributed by atoms with Crippen molar-refractivity contribution in [3.8, 4) is 0 Å². The van der Waals surface area contributed by atoms with Gasteiger partial charge in [-0.25, -0.2) is 26.7 Å². The van der Waals surface area contributed by atoms with Crippen LogP contribution >= 0.6 is 0 Å². The Balaban J connectivity index is 5.72. The van der Waals surface area contributed by atoms with E-state index in [2.05, 4.69) is 11.3 Å². The second kappa shape index (κ2) is 7.94.